The van der Waals surface area contributed by atoms with Crippen molar-refractivity contribution in [1.82, 2.24) is 10.6 Å². The van der Waals surface area contributed by atoms with Crippen molar-refractivity contribution in [3.8, 4) is 0 Å². The van der Waals surface area contributed by atoms with E-state index in [0.717, 1.165) is 19.3 Å². The van der Waals surface area contributed by atoms with Gasteiger partial charge in [-0.1, -0.05) is 20.1 Å². The van der Waals surface area contributed by atoms with Crippen LogP contribution in [-0.2, 0) is 38.1 Å². The van der Waals surface area contributed by atoms with Gasteiger partial charge in [0.15, 0.2) is 0 Å². The number of carbonyl (C=O) groups is 5. The first-order chi connectivity index (χ1) is 14.7. The fourth-order valence-electron chi connectivity index (χ4n) is 1.96. The standard InChI is InChI=1S/C19H28N2O10/c1-5-14(22)28-10-8-20-17(25)30-12-19(7-3,16(24)27-4)13-31-18(26)21-9-11-29-15(23)6-2/h5-6H,1-2,7-13H2,3-4H3,(H,20,25)(H,21,26). The summed E-state index contributed by atoms with van der Waals surface area (Å²) in [5.41, 5.74) is -1.44. The first-order valence-corrected chi connectivity index (χ1v) is 9.22. The second kappa shape index (κ2) is 15.3. The van der Waals surface area contributed by atoms with E-state index < -0.39 is 48.7 Å². The highest BCUT2D eigenvalue weighted by molar-refractivity contribution is 5.81. The molecular weight excluding hydrogens is 416 g/mol. The summed E-state index contributed by atoms with van der Waals surface area (Å²) in [5, 5.41) is 4.67. The van der Waals surface area contributed by atoms with E-state index in [-0.39, 0.29) is 32.7 Å². The molecule has 0 fully saturated rings. The Morgan fingerprint density at radius 2 is 1.23 bits per heavy atom. The molecule has 0 spiro atoms. The zero-order chi connectivity index (χ0) is 23.7. The molecule has 0 aliphatic rings. The van der Waals surface area contributed by atoms with Gasteiger partial charge in [0.2, 0.25) is 0 Å². The Morgan fingerprint density at radius 1 is 0.806 bits per heavy atom. The van der Waals surface area contributed by atoms with Gasteiger partial charge in [-0.25, -0.2) is 19.2 Å². The summed E-state index contributed by atoms with van der Waals surface area (Å²) >= 11 is 0. The van der Waals surface area contributed by atoms with Crippen molar-refractivity contribution in [2.45, 2.75) is 13.3 Å². The number of hydrogen-bond donors (Lipinski definition) is 2. The minimum Gasteiger partial charge on any atom is -0.468 e. The molecule has 0 aromatic heterocycles. The van der Waals surface area contributed by atoms with Crippen LogP contribution in [0.1, 0.15) is 13.3 Å². The molecule has 0 radical (unpaired) electrons. The van der Waals surface area contributed by atoms with Crippen molar-refractivity contribution in [3.05, 3.63) is 25.3 Å². The summed E-state index contributed by atoms with van der Waals surface area (Å²) in [4.78, 5) is 57.7. The number of hydrogen-bond acceptors (Lipinski definition) is 10. The van der Waals surface area contributed by atoms with E-state index in [1.807, 2.05) is 0 Å². The molecule has 12 nitrogen and oxygen atoms in total. The van der Waals surface area contributed by atoms with Crippen LogP contribution in [0, 0.1) is 5.41 Å². The third kappa shape index (κ3) is 11.3. The van der Waals surface area contributed by atoms with Crippen molar-refractivity contribution in [3.63, 3.8) is 0 Å². The van der Waals surface area contributed by atoms with Gasteiger partial charge in [-0.05, 0) is 6.42 Å². The largest absolute Gasteiger partial charge is 0.468 e. The fraction of sp³-hybridized carbons (Fsp3) is 0.526. The van der Waals surface area contributed by atoms with E-state index >= 15 is 0 Å². The summed E-state index contributed by atoms with van der Waals surface area (Å²) < 4.78 is 24.2. The molecule has 0 atom stereocenters. The molecular formula is C19H28N2O10. The Hall–Kier alpha value is -3.57. The molecule has 0 saturated carbocycles. The first kappa shape index (κ1) is 27.4. The van der Waals surface area contributed by atoms with E-state index in [4.69, 9.17) is 23.7 Å². The Morgan fingerprint density at radius 3 is 1.55 bits per heavy atom. The van der Waals surface area contributed by atoms with E-state index in [9.17, 15) is 24.0 Å². The topological polar surface area (TPSA) is 156 Å². The van der Waals surface area contributed by atoms with Gasteiger partial charge in [-0.15, -0.1) is 0 Å². The molecule has 2 amide bonds. The van der Waals surface area contributed by atoms with Gasteiger partial charge in [0.05, 0.1) is 20.2 Å². The van der Waals surface area contributed by atoms with Crippen molar-refractivity contribution in [2.75, 3.05) is 46.6 Å². The van der Waals surface area contributed by atoms with Crippen LogP contribution in [0.3, 0.4) is 0 Å². The average molecular weight is 444 g/mol. The highest BCUT2D eigenvalue weighted by atomic mass is 16.6. The summed E-state index contributed by atoms with van der Waals surface area (Å²) in [6.45, 7) is 6.99. The number of esters is 3. The predicted octanol–water partition coefficient (Wildman–Crippen LogP) is 0.467. The Labute approximate surface area is 179 Å². The van der Waals surface area contributed by atoms with Crippen LogP contribution in [-0.4, -0.2) is 76.7 Å². The molecule has 12 heteroatoms. The predicted molar refractivity (Wildman–Crippen MR) is 106 cm³/mol. The second-order valence-corrected chi connectivity index (χ2v) is 5.87. The van der Waals surface area contributed by atoms with Crippen molar-refractivity contribution < 1.29 is 47.7 Å². The summed E-state index contributed by atoms with van der Waals surface area (Å²) in [6, 6.07) is 0. The summed E-state index contributed by atoms with van der Waals surface area (Å²) in [6.07, 6.45) is 0.353. The third-order valence-electron chi connectivity index (χ3n) is 3.82. The first-order valence-electron chi connectivity index (χ1n) is 9.22. The molecule has 0 heterocycles. The number of alkyl carbamates (subject to hydrolysis) is 2. The van der Waals surface area contributed by atoms with Gasteiger partial charge in [-0.3, -0.25) is 4.79 Å². The number of ether oxygens (including phenoxy) is 5. The summed E-state index contributed by atoms with van der Waals surface area (Å²) in [7, 11) is 1.15. The highest BCUT2D eigenvalue weighted by Crippen LogP contribution is 2.25. The molecule has 2 N–H and O–H groups in total. The molecule has 0 saturated heterocycles. The number of rotatable bonds is 14. The second-order valence-electron chi connectivity index (χ2n) is 5.87. The number of nitrogens with one attached hydrogen (secondary N) is 2. The van der Waals surface area contributed by atoms with Gasteiger partial charge < -0.3 is 34.3 Å². The molecule has 31 heavy (non-hydrogen) atoms. The number of carbonyl (C=O) groups excluding carboxylic acids is 5. The monoisotopic (exact) mass is 444 g/mol. The lowest BCUT2D eigenvalue weighted by atomic mass is 9.87. The lowest BCUT2D eigenvalue weighted by molar-refractivity contribution is -0.158. The molecule has 0 aliphatic heterocycles. The molecule has 174 valence electrons. The Balaban J connectivity index is 4.59. The molecule has 0 aromatic carbocycles. The number of amides is 2. The summed E-state index contributed by atoms with van der Waals surface area (Å²) in [5.74, 6) is -2.02. The van der Waals surface area contributed by atoms with Crippen LogP contribution in [0.2, 0.25) is 0 Å². The minimum absolute atomic E-state index is 0.0227. The molecule has 0 bridgehead atoms. The van der Waals surface area contributed by atoms with E-state index in [2.05, 4.69) is 23.8 Å². The van der Waals surface area contributed by atoms with E-state index in [1.165, 1.54) is 0 Å². The van der Waals surface area contributed by atoms with E-state index in [0.29, 0.717) is 0 Å². The maximum absolute atomic E-state index is 12.2. The highest BCUT2D eigenvalue weighted by Gasteiger charge is 2.41. The third-order valence-corrected chi connectivity index (χ3v) is 3.82. The van der Waals surface area contributed by atoms with Gasteiger partial charge in [0.25, 0.3) is 0 Å². The lowest BCUT2D eigenvalue weighted by Gasteiger charge is -2.28. The quantitative estimate of drug-likeness (QED) is 0.167. The molecule has 0 unspecified atom stereocenters. The zero-order valence-corrected chi connectivity index (χ0v) is 17.6. The van der Waals surface area contributed by atoms with Gasteiger partial charge in [0, 0.05) is 12.2 Å². The van der Waals surface area contributed by atoms with Crippen LogP contribution < -0.4 is 10.6 Å². The van der Waals surface area contributed by atoms with Gasteiger partial charge in [0.1, 0.15) is 31.8 Å². The smallest absolute Gasteiger partial charge is 0.407 e. The maximum atomic E-state index is 12.2. The molecule has 0 rings (SSSR count). The Bertz CT molecular complexity index is 618. The number of methoxy groups -OCH3 is 1. The van der Waals surface area contributed by atoms with Gasteiger partial charge >= 0.3 is 30.1 Å². The lowest BCUT2D eigenvalue weighted by Crippen LogP contribution is -2.44. The van der Waals surface area contributed by atoms with Crippen LogP contribution in [0.4, 0.5) is 9.59 Å². The molecule has 0 aromatic rings. The Kier molecular flexibility index (Phi) is 13.5. The normalized spacial score (nSPS) is 10.1. The maximum Gasteiger partial charge on any atom is 0.407 e. The van der Waals surface area contributed by atoms with Crippen LogP contribution >= 0.6 is 0 Å². The van der Waals surface area contributed by atoms with Gasteiger partial charge in [-0.2, -0.15) is 0 Å². The van der Waals surface area contributed by atoms with Crippen LogP contribution in [0.5, 0.6) is 0 Å². The SMILES string of the molecule is C=CC(=O)OCCNC(=O)OCC(CC)(COC(=O)NCCOC(=O)C=C)C(=O)OC. The fourth-order valence-corrected chi connectivity index (χ4v) is 1.96. The zero-order valence-electron chi connectivity index (χ0n) is 17.6. The van der Waals surface area contributed by atoms with E-state index in [1.54, 1.807) is 6.92 Å². The molecule has 0 aliphatic carbocycles. The van der Waals surface area contributed by atoms with Crippen molar-refractivity contribution in [1.29, 1.82) is 0 Å². The van der Waals surface area contributed by atoms with Crippen LogP contribution in [0.25, 0.3) is 0 Å². The minimum atomic E-state index is -1.44. The van der Waals surface area contributed by atoms with Crippen molar-refractivity contribution in [2.24, 2.45) is 5.41 Å². The average Bonchev–Trinajstić information content (AvgIpc) is 2.78. The van der Waals surface area contributed by atoms with Crippen molar-refractivity contribution >= 4 is 30.1 Å². The van der Waals surface area contributed by atoms with Crippen LogP contribution in [0.15, 0.2) is 25.3 Å².